The monoisotopic (exact) mass is 358 g/mol. The highest BCUT2D eigenvalue weighted by Gasteiger charge is 2.27. The fourth-order valence-electron chi connectivity index (χ4n) is 2.25. The zero-order valence-corrected chi connectivity index (χ0v) is 13.6. The Morgan fingerprint density at radius 2 is 1.31 bits per heavy atom. The third kappa shape index (κ3) is 4.44. The summed E-state index contributed by atoms with van der Waals surface area (Å²) in [6.45, 7) is 1.39. The first kappa shape index (κ1) is 18.6. The quantitative estimate of drug-likeness (QED) is 0.422. The lowest BCUT2D eigenvalue weighted by atomic mass is 10.0. The van der Waals surface area contributed by atoms with Crippen molar-refractivity contribution in [1.29, 1.82) is 0 Å². The second-order valence-corrected chi connectivity index (χ2v) is 5.45. The zero-order chi connectivity index (χ0) is 19.3. The molecule has 0 aliphatic rings. The first-order valence-corrected chi connectivity index (χ1v) is 7.45. The van der Waals surface area contributed by atoms with Gasteiger partial charge in [-0.25, -0.2) is 0 Å². The van der Waals surface area contributed by atoms with Crippen molar-refractivity contribution in [3.05, 3.63) is 90.0 Å². The van der Waals surface area contributed by atoms with Crippen LogP contribution in [0, 0.1) is 30.3 Å². The largest absolute Gasteiger partial charge is 0.277 e. The highest BCUT2D eigenvalue weighted by molar-refractivity contribution is 5.80. The van der Waals surface area contributed by atoms with Crippen molar-refractivity contribution in [2.75, 3.05) is 0 Å². The number of nitro benzene ring substituents is 2. The summed E-state index contributed by atoms with van der Waals surface area (Å²) in [5, 5.41) is 32.6. The van der Waals surface area contributed by atoms with Crippen LogP contribution in [0.4, 0.5) is 11.4 Å². The van der Waals surface area contributed by atoms with Gasteiger partial charge in [-0.1, -0.05) is 0 Å². The molecular weight excluding hydrogens is 344 g/mol. The van der Waals surface area contributed by atoms with E-state index in [2.05, 4.69) is 4.99 Å². The van der Waals surface area contributed by atoms with Crippen molar-refractivity contribution in [2.24, 2.45) is 4.99 Å². The molecule has 0 heterocycles. The molecule has 0 saturated carbocycles. The summed E-state index contributed by atoms with van der Waals surface area (Å²) >= 11 is 0. The average molecular weight is 358 g/mol. The van der Waals surface area contributed by atoms with Gasteiger partial charge in [0.1, 0.15) is 6.04 Å². The molecule has 10 heteroatoms. The number of hydrogen-bond acceptors (Lipinski definition) is 7. The summed E-state index contributed by atoms with van der Waals surface area (Å²) in [6.07, 6.45) is 1.38. The Morgan fingerprint density at radius 1 is 0.846 bits per heavy atom. The molecule has 0 saturated heterocycles. The van der Waals surface area contributed by atoms with Crippen LogP contribution in [0.5, 0.6) is 0 Å². The summed E-state index contributed by atoms with van der Waals surface area (Å²) in [5.41, 5.74) is 0.796. The summed E-state index contributed by atoms with van der Waals surface area (Å²) in [5.74, 6) is 0. The van der Waals surface area contributed by atoms with Gasteiger partial charge in [0.05, 0.1) is 9.85 Å². The summed E-state index contributed by atoms with van der Waals surface area (Å²) in [4.78, 5) is 35.2. The van der Waals surface area contributed by atoms with Crippen LogP contribution >= 0.6 is 0 Å². The Morgan fingerprint density at radius 3 is 1.73 bits per heavy atom. The lowest BCUT2D eigenvalue weighted by molar-refractivity contribution is -0.522. The summed E-state index contributed by atoms with van der Waals surface area (Å²) in [6, 6.07) is 9.01. The van der Waals surface area contributed by atoms with Crippen molar-refractivity contribution >= 4 is 17.6 Å². The van der Waals surface area contributed by atoms with E-state index in [1.54, 1.807) is 0 Å². The van der Waals surface area contributed by atoms with Gasteiger partial charge in [0.2, 0.25) is 6.04 Å². The van der Waals surface area contributed by atoms with E-state index in [4.69, 9.17) is 0 Å². The average Bonchev–Trinajstić information content (AvgIpc) is 2.62. The fourth-order valence-corrected chi connectivity index (χ4v) is 2.25. The van der Waals surface area contributed by atoms with Gasteiger partial charge in [-0.15, -0.1) is 0 Å². The number of nitro groups is 3. The van der Waals surface area contributed by atoms with E-state index >= 15 is 0 Å². The first-order valence-electron chi connectivity index (χ1n) is 7.45. The van der Waals surface area contributed by atoms with Gasteiger partial charge < -0.3 is 0 Å². The van der Waals surface area contributed by atoms with Gasteiger partial charge in [-0.05, 0) is 35.4 Å². The van der Waals surface area contributed by atoms with Crippen LogP contribution in [-0.2, 0) is 0 Å². The van der Waals surface area contributed by atoms with E-state index < -0.39 is 26.9 Å². The molecule has 0 radical (unpaired) electrons. The van der Waals surface area contributed by atoms with E-state index in [0.717, 1.165) is 0 Å². The van der Waals surface area contributed by atoms with Crippen LogP contribution in [0.3, 0.4) is 0 Å². The van der Waals surface area contributed by atoms with Crippen LogP contribution in [0.15, 0.2) is 53.5 Å². The molecule has 134 valence electrons. The second kappa shape index (κ2) is 7.92. The molecule has 0 aromatic heterocycles. The van der Waals surface area contributed by atoms with Crippen LogP contribution < -0.4 is 0 Å². The predicted octanol–water partition coefficient (Wildman–Crippen LogP) is 3.33. The number of non-ortho nitro benzene ring substituents is 2. The van der Waals surface area contributed by atoms with Crippen molar-refractivity contribution in [3.63, 3.8) is 0 Å². The Labute approximate surface area is 147 Å². The normalized spacial score (nSPS) is 13.3. The van der Waals surface area contributed by atoms with Crippen LogP contribution in [0.1, 0.15) is 24.1 Å². The Bertz CT molecular complexity index is 848. The minimum Gasteiger partial charge on any atom is -0.277 e. The van der Waals surface area contributed by atoms with Gasteiger partial charge in [0.25, 0.3) is 11.4 Å². The van der Waals surface area contributed by atoms with Gasteiger partial charge >= 0.3 is 0 Å². The lowest BCUT2D eigenvalue weighted by Gasteiger charge is -2.14. The lowest BCUT2D eigenvalue weighted by Crippen LogP contribution is -2.23. The maximum Gasteiger partial charge on any atom is 0.269 e. The minimum absolute atomic E-state index is 0.0762. The van der Waals surface area contributed by atoms with E-state index in [0.29, 0.717) is 11.1 Å². The van der Waals surface area contributed by atoms with Crippen molar-refractivity contribution in [1.82, 2.24) is 0 Å². The predicted molar refractivity (Wildman–Crippen MR) is 93.0 cm³/mol. The fraction of sp³-hybridized carbons (Fsp3) is 0.188. The molecule has 0 unspecified atom stereocenters. The molecule has 0 amide bonds. The Balaban J connectivity index is 2.31. The van der Waals surface area contributed by atoms with Crippen LogP contribution in [0.25, 0.3) is 0 Å². The first-order chi connectivity index (χ1) is 12.3. The highest BCUT2D eigenvalue weighted by atomic mass is 16.6. The maximum atomic E-state index is 11.2. The molecule has 0 N–H and O–H groups in total. The molecule has 2 atom stereocenters. The molecule has 26 heavy (non-hydrogen) atoms. The smallest absolute Gasteiger partial charge is 0.269 e. The summed E-state index contributed by atoms with van der Waals surface area (Å²) in [7, 11) is 0. The minimum atomic E-state index is -1.06. The molecule has 0 fully saturated rings. The molecule has 0 aliphatic heterocycles. The highest BCUT2D eigenvalue weighted by Crippen LogP contribution is 2.25. The molecule has 0 spiro atoms. The van der Waals surface area contributed by atoms with E-state index in [9.17, 15) is 30.3 Å². The van der Waals surface area contributed by atoms with E-state index in [-0.39, 0.29) is 11.4 Å². The van der Waals surface area contributed by atoms with Crippen LogP contribution in [0.2, 0.25) is 0 Å². The summed E-state index contributed by atoms with van der Waals surface area (Å²) < 4.78 is 0. The molecule has 2 aromatic rings. The SMILES string of the molecule is C[C@@H]([C@@H](N=Cc1ccc([N+](=O)[O-])cc1)c1ccc([N+](=O)[O-])cc1)[N+](=O)[O-]. The molecule has 0 bridgehead atoms. The van der Waals surface area contributed by atoms with Gasteiger partial charge in [-0.2, -0.15) is 0 Å². The van der Waals surface area contributed by atoms with Gasteiger partial charge in [-0.3, -0.25) is 35.3 Å². The van der Waals surface area contributed by atoms with E-state index in [1.807, 2.05) is 0 Å². The number of nitrogens with zero attached hydrogens (tertiary/aromatic N) is 4. The third-order valence-corrected chi connectivity index (χ3v) is 3.72. The topological polar surface area (TPSA) is 142 Å². The van der Waals surface area contributed by atoms with E-state index in [1.165, 1.54) is 61.7 Å². The van der Waals surface area contributed by atoms with Gasteiger partial charge in [0, 0.05) is 42.3 Å². The molecule has 2 rings (SSSR count). The molecule has 2 aromatic carbocycles. The number of benzene rings is 2. The number of rotatable bonds is 7. The maximum absolute atomic E-state index is 11.2. The van der Waals surface area contributed by atoms with Crippen molar-refractivity contribution in [3.8, 4) is 0 Å². The third-order valence-electron chi connectivity index (χ3n) is 3.72. The van der Waals surface area contributed by atoms with Crippen molar-refractivity contribution in [2.45, 2.75) is 19.0 Å². The van der Waals surface area contributed by atoms with Crippen LogP contribution in [-0.4, -0.2) is 27.0 Å². The number of aliphatic imine (C=N–C) groups is 1. The Kier molecular flexibility index (Phi) is 5.68. The Hall–Kier alpha value is -3.69. The van der Waals surface area contributed by atoms with Gasteiger partial charge in [0.15, 0.2) is 0 Å². The standard InChI is InChI=1S/C16H14N4O6/c1-11(18(21)22)16(13-4-8-15(9-5-13)20(25)26)17-10-12-2-6-14(7-3-12)19(23)24/h2-11,16H,1H3/t11-,16+/m0/s1. The zero-order valence-electron chi connectivity index (χ0n) is 13.6. The molecule has 10 nitrogen and oxygen atoms in total. The number of hydrogen-bond donors (Lipinski definition) is 0. The second-order valence-electron chi connectivity index (χ2n) is 5.45. The molecular formula is C16H14N4O6. The van der Waals surface area contributed by atoms with Crippen molar-refractivity contribution < 1.29 is 14.8 Å². The molecule has 0 aliphatic carbocycles.